The molecule has 2 aromatic heterocycles. The zero-order chi connectivity index (χ0) is 33.7. The lowest BCUT2D eigenvalue weighted by Crippen LogP contribution is -2.45. The van der Waals surface area contributed by atoms with Gasteiger partial charge in [0.15, 0.2) is 5.69 Å². The van der Waals surface area contributed by atoms with Crippen LogP contribution in [0, 0.1) is 23.3 Å². The van der Waals surface area contributed by atoms with Gasteiger partial charge in [-0.3, -0.25) is 10.2 Å². The maximum absolute atomic E-state index is 13.8. The van der Waals surface area contributed by atoms with E-state index in [1.165, 1.54) is 28.4 Å². The third kappa shape index (κ3) is 8.07. The molecule has 242 valence electrons. The van der Waals surface area contributed by atoms with Gasteiger partial charge in [-0.05, 0) is 67.4 Å². The number of nitrogens with one attached hydrogen (secondary N) is 1. The largest absolute Gasteiger partial charge is 0.416 e. The number of halogens is 5. The summed E-state index contributed by atoms with van der Waals surface area (Å²) < 4.78 is 40.5. The van der Waals surface area contributed by atoms with E-state index < -0.39 is 17.6 Å². The maximum Gasteiger partial charge on any atom is 0.416 e. The quantitative estimate of drug-likeness (QED) is 0.100. The highest BCUT2D eigenvalue weighted by atomic mass is 35.5. The number of nitrogens with two attached hydrogens (primary N) is 1. The molecule has 47 heavy (non-hydrogen) atoms. The lowest BCUT2D eigenvalue weighted by atomic mass is 10.1. The molecule has 5 rings (SSSR count). The molecule has 0 unspecified atom stereocenters. The molecule has 3 heterocycles. The van der Waals surface area contributed by atoms with Crippen molar-refractivity contribution in [3.63, 3.8) is 0 Å². The molecule has 0 bridgehead atoms. The summed E-state index contributed by atoms with van der Waals surface area (Å²) in [7, 11) is 1.63. The van der Waals surface area contributed by atoms with Gasteiger partial charge < -0.3 is 10.6 Å². The Morgan fingerprint density at radius 3 is 2.49 bits per heavy atom. The molecule has 0 spiro atoms. The minimum atomic E-state index is -4.44. The number of alkyl halides is 3. The standard InChI is InChI=1S/C32H27Cl2F3N8OS/c1-43(31(39)40-19-38)18-24-28(30(46)42-44-15-3-2-4-16-44)41-45(26-13-10-22(33)17-25(26)34)29(24)27-14-12-23(47-27)11-7-20-5-8-21(9-6-20)32(35,36)37/h5-6,8-10,12-14,17H,2-4,15-16,18H2,1H3,(H2,39,40)(H,42,46). The van der Waals surface area contributed by atoms with Crippen molar-refractivity contribution in [2.24, 2.45) is 10.7 Å². The average Bonchev–Trinajstić information content (AvgIpc) is 3.65. The number of carbonyl (C=O) groups is 1. The van der Waals surface area contributed by atoms with E-state index in [-0.39, 0.29) is 23.2 Å². The average molecular weight is 700 g/mol. The Kier molecular flexibility index (Phi) is 10.4. The molecule has 0 aliphatic carbocycles. The molecule has 15 heteroatoms. The summed E-state index contributed by atoms with van der Waals surface area (Å²) in [5.41, 5.74) is 10.2. The van der Waals surface area contributed by atoms with Crippen LogP contribution in [0.25, 0.3) is 16.3 Å². The summed E-state index contributed by atoms with van der Waals surface area (Å²) in [5.74, 6) is 5.42. The number of hydrazine groups is 1. The second-order valence-electron chi connectivity index (χ2n) is 10.6. The number of thiophene rings is 1. The van der Waals surface area contributed by atoms with Gasteiger partial charge in [-0.25, -0.2) is 9.69 Å². The third-order valence-electron chi connectivity index (χ3n) is 7.28. The van der Waals surface area contributed by atoms with Gasteiger partial charge in [-0.15, -0.1) is 16.3 Å². The van der Waals surface area contributed by atoms with E-state index in [1.54, 1.807) is 48.3 Å². The van der Waals surface area contributed by atoms with Crippen LogP contribution in [0.15, 0.2) is 59.6 Å². The van der Waals surface area contributed by atoms with E-state index in [9.17, 15) is 18.0 Å². The Labute approximate surface area is 283 Å². The van der Waals surface area contributed by atoms with E-state index in [1.807, 2.05) is 5.01 Å². The number of amides is 1. The number of aliphatic imine (C=N–C) groups is 1. The van der Waals surface area contributed by atoms with E-state index >= 15 is 0 Å². The van der Waals surface area contributed by atoms with Crippen molar-refractivity contribution in [2.75, 3.05) is 20.1 Å². The molecule has 2 aromatic carbocycles. The number of carbonyl (C=O) groups excluding carboxylic acids is 1. The predicted molar refractivity (Wildman–Crippen MR) is 176 cm³/mol. The normalized spacial score (nSPS) is 13.9. The number of nitriles is 1. The van der Waals surface area contributed by atoms with Crippen LogP contribution in [0.5, 0.6) is 0 Å². The Morgan fingerprint density at radius 1 is 1.11 bits per heavy atom. The number of guanidine groups is 1. The van der Waals surface area contributed by atoms with Crippen LogP contribution in [0.2, 0.25) is 10.0 Å². The molecule has 1 fully saturated rings. The first-order chi connectivity index (χ1) is 22.4. The second-order valence-corrected chi connectivity index (χ2v) is 12.5. The molecule has 3 N–H and O–H groups in total. The summed E-state index contributed by atoms with van der Waals surface area (Å²) in [6, 6.07) is 13.1. The predicted octanol–water partition coefficient (Wildman–Crippen LogP) is 6.68. The number of nitrogens with zero attached hydrogens (tertiary/aromatic N) is 6. The highest BCUT2D eigenvalue weighted by Gasteiger charge is 2.30. The third-order valence-corrected chi connectivity index (χ3v) is 8.83. The van der Waals surface area contributed by atoms with Crippen LogP contribution in [-0.2, 0) is 12.7 Å². The van der Waals surface area contributed by atoms with Crippen molar-refractivity contribution >= 4 is 46.4 Å². The highest BCUT2D eigenvalue weighted by molar-refractivity contribution is 7.16. The molecular formula is C32H27Cl2F3N8OS. The Balaban J connectivity index is 1.62. The van der Waals surface area contributed by atoms with Gasteiger partial charge in [-0.1, -0.05) is 41.5 Å². The van der Waals surface area contributed by atoms with E-state index in [2.05, 4.69) is 22.3 Å². The van der Waals surface area contributed by atoms with Gasteiger partial charge in [0, 0.05) is 36.3 Å². The zero-order valence-electron chi connectivity index (χ0n) is 24.9. The highest BCUT2D eigenvalue weighted by Crippen LogP contribution is 2.37. The van der Waals surface area contributed by atoms with Crippen molar-refractivity contribution in [1.29, 1.82) is 5.26 Å². The molecule has 9 nitrogen and oxygen atoms in total. The monoisotopic (exact) mass is 698 g/mol. The molecule has 1 amide bonds. The van der Waals surface area contributed by atoms with Crippen LogP contribution >= 0.6 is 34.5 Å². The fourth-order valence-electron chi connectivity index (χ4n) is 4.93. The van der Waals surface area contributed by atoms with Gasteiger partial charge in [0.2, 0.25) is 12.2 Å². The van der Waals surface area contributed by atoms with Gasteiger partial charge in [0.25, 0.3) is 5.91 Å². The molecule has 1 saturated heterocycles. The van der Waals surface area contributed by atoms with Crippen molar-refractivity contribution in [3.05, 3.63) is 91.9 Å². The van der Waals surface area contributed by atoms with Gasteiger partial charge in [-0.2, -0.15) is 23.5 Å². The summed E-state index contributed by atoms with van der Waals surface area (Å²) in [4.78, 5) is 20.3. The van der Waals surface area contributed by atoms with E-state index in [0.717, 1.165) is 31.4 Å². The molecule has 4 aromatic rings. The Morgan fingerprint density at radius 2 is 1.83 bits per heavy atom. The van der Waals surface area contributed by atoms with Gasteiger partial charge in [0.05, 0.1) is 38.3 Å². The minimum Gasteiger partial charge on any atom is -0.369 e. The number of hydrogen-bond donors (Lipinski definition) is 2. The Bertz CT molecular complexity index is 1910. The van der Waals surface area contributed by atoms with Crippen LogP contribution in [-0.4, -0.2) is 51.7 Å². The van der Waals surface area contributed by atoms with Gasteiger partial charge in [0.1, 0.15) is 0 Å². The molecule has 0 saturated carbocycles. The summed E-state index contributed by atoms with van der Waals surface area (Å²) in [6.45, 7) is 1.45. The van der Waals surface area contributed by atoms with E-state index in [0.29, 0.717) is 50.4 Å². The van der Waals surface area contributed by atoms with Crippen molar-refractivity contribution in [3.8, 4) is 34.3 Å². The second kappa shape index (κ2) is 14.5. The van der Waals surface area contributed by atoms with Crippen molar-refractivity contribution in [1.82, 2.24) is 25.1 Å². The fourth-order valence-corrected chi connectivity index (χ4v) is 6.33. The summed E-state index contributed by atoms with van der Waals surface area (Å²) >= 11 is 14.1. The number of benzene rings is 2. The van der Waals surface area contributed by atoms with Gasteiger partial charge >= 0.3 is 6.18 Å². The summed E-state index contributed by atoms with van der Waals surface area (Å²) in [6.07, 6.45) is 0.207. The zero-order valence-corrected chi connectivity index (χ0v) is 27.2. The first kappa shape index (κ1) is 33.8. The lowest BCUT2D eigenvalue weighted by molar-refractivity contribution is -0.137. The SMILES string of the molecule is CN(Cc1c(C(=O)NN2CCCCC2)nn(-c2ccc(Cl)cc2Cl)c1-c1ccc(C#Cc2ccc(C(F)(F)F)cc2)s1)C(N)=NC#N. The number of hydrogen-bond acceptors (Lipinski definition) is 6. The Hall–Kier alpha value is -4.53. The van der Waals surface area contributed by atoms with Crippen LogP contribution < -0.4 is 11.2 Å². The smallest absolute Gasteiger partial charge is 0.369 e. The van der Waals surface area contributed by atoms with Crippen molar-refractivity contribution < 1.29 is 18.0 Å². The number of aromatic nitrogens is 2. The van der Waals surface area contributed by atoms with Crippen LogP contribution in [0.1, 0.15) is 51.3 Å². The molecule has 1 aliphatic rings. The molecular weight excluding hydrogens is 672 g/mol. The number of piperidine rings is 1. The summed E-state index contributed by atoms with van der Waals surface area (Å²) in [5, 5.41) is 16.4. The first-order valence-corrected chi connectivity index (χ1v) is 15.9. The van der Waals surface area contributed by atoms with Crippen LogP contribution in [0.3, 0.4) is 0 Å². The fraction of sp³-hybridized carbons (Fsp3) is 0.250. The number of rotatable bonds is 6. The van der Waals surface area contributed by atoms with E-state index in [4.69, 9.17) is 39.3 Å². The molecule has 0 atom stereocenters. The molecule has 1 aliphatic heterocycles. The lowest BCUT2D eigenvalue weighted by Gasteiger charge is -2.26. The first-order valence-electron chi connectivity index (χ1n) is 14.3. The molecule has 0 radical (unpaired) electrons. The maximum atomic E-state index is 13.8. The minimum absolute atomic E-state index is 0.0464. The van der Waals surface area contributed by atoms with Crippen LogP contribution in [0.4, 0.5) is 13.2 Å². The topological polar surface area (TPSA) is 116 Å². The van der Waals surface area contributed by atoms with Crippen molar-refractivity contribution in [2.45, 2.75) is 32.0 Å².